The predicted molar refractivity (Wildman–Crippen MR) is 273 cm³/mol. The highest BCUT2D eigenvalue weighted by Gasteiger charge is 2.35. The van der Waals surface area contributed by atoms with Gasteiger partial charge in [-0.3, -0.25) is 57.9 Å². The number of hydrogen-bond donors (Lipinski definition) is 11. The second kappa shape index (κ2) is 36.6. The van der Waals surface area contributed by atoms with Crippen LogP contribution >= 0.6 is 0 Å². The molecule has 0 aliphatic rings. The van der Waals surface area contributed by atoms with Crippen LogP contribution in [-0.2, 0) is 52.7 Å². The maximum absolute atomic E-state index is 14.1. The van der Waals surface area contributed by atoms with E-state index in [1.54, 1.807) is 13.8 Å². The number of amides is 4. The molecule has 0 fully saturated rings. The molecule has 0 radical (unpaired) electrons. The van der Waals surface area contributed by atoms with E-state index in [2.05, 4.69) is 31.3 Å². The predicted octanol–water partition coefficient (Wildman–Crippen LogP) is 0.668. The van der Waals surface area contributed by atoms with Crippen molar-refractivity contribution in [1.29, 1.82) is 0 Å². The number of carbonyl (C=O) groups excluding carboxylic acids is 9. The first-order valence-electron chi connectivity index (χ1n) is 25.2. The maximum atomic E-state index is 14.1. The third-order valence-electron chi connectivity index (χ3n) is 12.3. The number of aliphatic imine (C=N–C) groups is 2. The lowest BCUT2D eigenvalue weighted by Gasteiger charge is -2.27. The van der Waals surface area contributed by atoms with Gasteiger partial charge in [-0.1, -0.05) is 34.1 Å². The smallest absolute Gasteiger partial charge is 0.303 e. The van der Waals surface area contributed by atoms with Gasteiger partial charge in [-0.2, -0.15) is 0 Å². The summed E-state index contributed by atoms with van der Waals surface area (Å²) in [5, 5.41) is 29.5. The molecule has 0 aromatic rings. The Balaban J connectivity index is 6.45. The van der Waals surface area contributed by atoms with Crippen molar-refractivity contribution in [3.8, 4) is 0 Å². The quantitative estimate of drug-likeness (QED) is 0.0227. The van der Waals surface area contributed by atoms with Crippen LogP contribution in [0.1, 0.15) is 157 Å². The zero-order valence-corrected chi connectivity index (χ0v) is 43.7. The highest BCUT2D eigenvalue weighted by atomic mass is 16.4. The lowest BCUT2D eigenvalue weighted by Crippen LogP contribution is -2.48. The summed E-state index contributed by atoms with van der Waals surface area (Å²) < 4.78 is 0. The Bertz CT molecular complexity index is 1920. The standard InChI is InChI=1S/C49H85N11O13/c1-7-29(4)34(27-41(65)36(14-11-23-56-49(53)54)59-46(72)33(25-30(5)61)15-19-43(67)68)47(73)60-37(16-20-44(69)70)39(63)17-18-42(66)57-38(24-28(2)3)40(64)26-32(12-10-22-55-48(51)52)45(71)58-35(31(6)62)13-8-9-21-50/h28-29,32-38H,7-27,50H2,1-6H3,(H,57,66)(H,58,71)(H,59,72)(H,60,73)(H,67,68)(H,69,70)(H4,51,52,55)(H4,53,54,56)/t29-,32+,33+,34-,35-,36-,37-,38-/m0/s1. The van der Waals surface area contributed by atoms with Crippen molar-refractivity contribution in [3.05, 3.63) is 0 Å². The van der Waals surface area contributed by atoms with E-state index in [0.717, 1.165) is 0 Å². The fourth-order valence-corrected chi connectivity index (χ4v) is 7.97. The molecule has 24 nitrogen and oxygen atoms in total. The molecular weight excluding hydrogens is 951 g/mol. The lowest BCUT2D eigenvalue weighted by atomic mass is 9.84. The van der Waals surface area contributed by atoms with Crippen molar-refractivity contribution >= 4 is 76.4 Å². The number of carboxylic acids is 2. The van der Waals surface area contributed by atoms with E-state index in [0.29, 0.717) is 38.6 Å². The van der Waals surface area contributed by atoms with E-state index in [1.807, 2.05) is 13.8 Å². The summed E-state index contributed by atoms with van der Waals surface area (Å²) >= 11 is 0. The van der Waals surface area contributed by atoms with Gasteiger partial charge in [-0.15, -0.1) is 0 Å². The molecule has 24 heteroatoms. The van der Waals surface area contributed by atoms with Crippen LogP contribution < -0.4 is 49.9 Å². The highest BCUT2D eigenvalue weighted by molar-refractivity contribution is 5.97. The van der Waals surface area contributed by atoms with Gasteiger partial charge in [0.1, 0.15) is 5.78 Å². The Morgan fingerprint density at radius 2 is 1.01 bits per heavy atom. The summed E-state index contributed by atoms with van der Waals surface area (Å²) in [6.07, 6.45) is -0.638. The molecule has 16 N–H and O–H groups in total. The van der Waals surface area contributed by atoms with Crippen molar-refractivity contribution < 1.29 is 63.0 Å². The van der Waals surface area contributed by atoms with Gasteiger partial charge < -0.3 is 64.9 Å². The second-order valence-corrected chi connectivity index (χ2v) is 19.2. The topological polar surface area (TPSA) is 431 Å². The van der Waals surface area contributed by atoms with Gasteiger partial charge in [0.15, 0.2) is 35.1 Å². The van der Waals surface area contributed by atoms with Crippen molar-refractivity contribution in [2.24, 2.45) is 68.2 Å². The third kappa shape index (κ3) is 30.3. The van der Waals surface area contributed by atoms with E-state index in [1.165, 1.54) is 13.8 Å². The molecule has 4 amide bonds. The third-order valence-corrected chi connectivity index (χ3v) is 12.3. The first kappa shape index (κ1) is 66.7. The first-order chi connectivity index (χ1) is 34.2. The summed E-state index contributed by atoms with van der Waals surface area (Å²) in [5.74, 6) is -11.6. The summed E-state index contributed by atoms with van der Waals surface area (Å²) in [6, 6.07) is -4.50. The molecule has 0 unspecified atom stereocenters. The molecule has 0 spiro atoms. The number of guanidine groups is 2. The summed E-state index contributed by atoms with van der Waals surface area (Å²) in [5.41, 5.74) is 27.4. The van der Waals surface area contributed by atoms with Crippen LogP contribution in [0.5, 0.6) is 0 Å². The lowest BCUT2D eigenvalue weighted by molar-refractivity contribution is -0.139. The molecule has 0 aliphatic carbocycles. The Kier molecular flexibility index (Phi) is 33.4. The molecular formula is C49H85N11O13. The van der Waals surface area contributed by atoms with Gasteiger partial charge in [-0.25, -0.2) is 0 Å². The number of carboxylic acid groups (broad SMARTS) is 2. The van der Waals surface area contributed by atoms with Crippen molar-refractivity contribution in [1.82, 2.24) is 21.3 Å². The van der Waals surface area contributed by atoms with Crippen LogP contribution in [0.15, 0.2) is 9.98 Å². The zero-order valence-electron chi connectivity index (χ0n) is 43.7. The number of aliphatic carboxylic acids is 2. The number of unbranched alkanes of at least 4 members (excludes halogenated alkanes) is 1. The minimum absolute atomic E-state index is 0.00144. The van der Waals surface area contributed by atoms with Crippen LogP contribution in [-0.4, -0.2) is 130 Å². The Morgan fingerprint density at radius 3 is 1.52 bits per heavy atom. The molecule has 414 valence electrons. The Hall–Kier alpha value is -6.33. The Labute approximate surface area is 428 Å². The number of ketones is 5. The largest absolute Gasteiger partial charge is 0.481 e. The van der Waals surface area contributed by atoms with E-state index >= 15 is 0 Å². The number of hydrogen-bond acceptors (Lipinski definition) is 14. The molecule has 0 saturated carbocycles. The number of nitrogens with two attached hydrogens (primary N) is 5. The SMILES string of the molecule is CC[C@H](C)[C@H](CC(=O)[C@H](CCCN=C(N)N)NC(=O)[C@H](CCC(=O)O)CC(C)=O)C(=O)N[C@@H](CCC(=O)O)C(=O)CCC(=O)N[C@@H](CC(C)C)C(=O)C[C@@H](CCCN=C(N)N)C(=O)N[C@@H](CCCCN)C(C)=O. The number of nitrogens with one attached hydrogen (secondary N) is 4. The van der Waals surface area contributed by atoms with E-state index in [-0.39, 0.29) is 93.9 Å². The normalized spacial score (nSPS) is 14.4. The first-order valence-corrected chi connectivity index (χ1v) is 25.2. The molecule has 73 heavy (non-hydrogen) atoms. The summed E-state index contributed by atoms with van der Waals surface area (Å²) in [4.78, 5) is 152. The average molecular weight is 1040 g/mol. The molecule has 0 bridgehead atoms. The maximum Gasteiger partial charge on any atom is 0.303 e. The van der Waals surface area contributed by atoms with Crippen LogP contribution in [0.2, 0.25) is 0 Å². The van der Waals surface area contributed by atoms with Crippen LogP contribution in [0.3, 0.4) is 0 Å². The monoisotopic (exact) mass is 1040 g/mol. The fourth-order valence-electron chi connectivity index (χ4n) is 7.97. The minimum Gasteiger partial charge on any atom is -0.481 e. The van der Waals surface area contributed by atoms with Gasteiger partial charge in [-0.05, 0) is 96.4 Å². The van der Waals surface area contributed by atoms with Gasteiger partial charge in [0.05, 0.1) is 24.2 Å². The van der Waals surface area contributed by atoms with E-state index < -0.39 is 133 Å². The number of nitrogens with zero attached hydrogens (tertiary/aromatic N) is 2. The molecule has 0 aromatic carbocycles. The molecule has 0 saturated heterocycles. The summed E-state index contributed by atoms with van der Waals surface area (Å²) in [6.45, 7) is 10.4. The van der Waals surface area contributed by atoms with E-state index in [4.69, 9.17) is 28.7 Å². The number of Topliss-reactive ketones (excluding diaryl/α,β-unsaturated/α-hetero) is 5. The van der Waals surface area contributed by atoms with Crippen LogP contribution in [0.25, 0.3) is 0 Å². The molecule has 0 aliphatic heterocycles. The molecule has 8 atom stereocenters. The van der Waals surface area contributed by atoms with E-state index in [9.17, 15) is 63.0 Å². The zero-order chi connectivity index (χ0) is 55.8. The van der Waals surface area contributed by atoms with Gasteiger partial charge in [0.2, 0.25) is 23.6 Å². The molecule has 0 rings (SSSR count). The van der Waals surface area contributed by atoms with Gasteiger partial charge >= 0.3 is 11.9 Å². The minimum atomic E-state index is -1.41. The highest BCUT2D eigenvalue weighted by Crippen LogP contribution is 2.24. The number of carbonyl (C=O) groups is 11. The second-order valence-electron chi connectivity index (χ2n) is 19.2. The fraction of sp³-hybridized carbons (Fsp3) is 0.735. The van der Waals surface area contributed by atoms with Crippen LogP contribution in [0, 0.1) is 29.6 Å². The summed E-state index contributed by atoms with van der Waals surface area (Å²) in [7, 11) is 0. The van der Waals surface area contributed by atoms with Gasteiger partial charge in [0, 0.05) is 75.8 Å². The average Bonchev–Trinajstić information content (AvgIpc) is 3.30. The molecule has 0 heterocycles. The van der Waals surface area contributed by atoms with Crippen molar-refractivity contribution in [3.63, 3.8) is 0 Å². The van der Waals surface area contributed by atoms with Crippen molar-refractivity contribution in [2.45, 2.75) is 181 Å². The Morgan fingerprint density at radius 1 is 0.521 bits per heavy atom. The van der Waals surface area contributed by atoms with Crippen molar-refractivity contribution in [2.75, 3.05) is 19.6 Å². The van der Waals surface area contributed by atoms with Crippen LogP contribution in [0.4, 0.5) is 0 Å². The van der Waals surface area contributed by atoms with Gasteiger partial charge in [0.25, 0.3) is 0 Å². The molecule has 0 aromatic heterocycles. The number of rotatable bonds is 42.